The van der Waals surface area contributed by atoms with Gasteiger partial charge in [-0.25, -0.2) is 8.42 Å². The van der Waals surface area contributed by atoms with Crippen LogP contribution in [0.3, 0.4) is 0 Å². The molecule has 4 rings (SSSR count). The van der Waals surface area contributed by atoms with Gasteiger partial charge in [0.2, 0.25) is 11.8 Å². The highest BCUT2D eigenvalue weighted by Gasteiger charge is 2.32. The van der Waals surface area contributed by atoms with Gasteiger partial charge in [-0.05, 0) is 73.2 Å². The van der Waals surface area contributed by atoms with Gasteiger partial charge in [-0.15, -0.1) is 0 Å². The van der Waals surface area contributed by atoms with E-state index < -0.39 is 28.5 Å². The Morgan fingerprint density at radius 1 is 0.854 bits per heavy atom. The maximum Gasteiger partial charge on any atom is 0.264 e. The van der Waals surface area contributed by atoms with E-state index in [9.17, 15) is 18.0 Å². The fourth-order valence-corrected chi connectivity index (χ4v) is 5.83. The van der Waals surface area contributed by atoms with Crippen LogP contribution in [-0.4, -0.2) is 44.8 Å². The van der Waals surface area contributed by atoms with E-state index in [0.717, 1.165) is 4.31 Å². The summed E-state index contributed by atoms with van der Waals surface area (Å²) in [7, 11) is -2.68. The van der Waals surface area contributed by atoms with Gasteiger partial charge < -0.3 is 15.0 Å². The van der Waals surface area contributed by atoms with E-state index in [-0.39, 0.29) is 23.0 Å². The summed E-state index contributed by atoms with van der Waals surface area (Å²) in [6.07, 6.45) is 0. The van der Waals surface area contributed by atoms with Crippen LogP contribution in [0.25, 0.3) is 0 Å². The van der Waals surface area contributed by atoms with Crippen LogP contribution in [0.4, 0.5) is 5.69 Å². The lowest BCUT2D eigenvalue weighted by Gasteiger charge is -2.31. The summed E-state index contributed by atoms with van der Waals surface area (Å²) in [4.78, 5) is 27.8. The zero-order valence-electron chi connectivity index (χ0n) is 22.6. The number of halogens is 1. The van der Waals surface area contributed by atoms with Crippen molar-refractivity contribution < 1.29 is 22.7 Å². The van der Waals surface area contributed by atoms with E-state index in [0.29, 0.717) is 22.1 Å². The van der Waals surface area contributed by atoms with Gasteiger partial charge in [0.05, 0.1) is 10.6 Å². The van der Waals surface area contributed by atoms with Gasteiger partial charge in [0.1, 0.15) is 24.1 Å². The number of amides is 2. The van der Waals surface area contributed by atoms with Crippen molar-refractivity contribution >= 4 is 39.1 Å². The molecule has 0 bridgehead atoms. The van der Waals surface area contributed by atoms with Crippen LogP contribution in [-0.2, 0) is 26.2 Å². The molecule has 0 aromatic heterocycles. The van der Waals surface area contributed by atoms with Crippen molar-refractivity contribution in [2.75, 3.05) is 17.9 Å². The third-order valence-electron chi connectivity index (χ3n) is 6.37. The largest absolute Gasteiger partial charge is 0.457 e. The van der Waals surface area contributed by atoms with Crippen molar-refractivity contribution in [1.82, 2.24) is 10.2 Å². The highest BCUT2D eigenvalue weighted by molar-refractivity contribution is 7.92. The molecule has 0 aliphatic carbocycles. The fraction of sp³-hybridized carbons (Fsp3) is 0.161. The number of carbonyl (C=O) groups is 2. The molecule has 41 heavy (non-hydrogen) atoms. The lowest BCUT2D eigenvalue weighted by Crippen LogP contribution is -2.50. The van der Waals surface area contributed by atoms with Gasteiger partial charge in [-0.2, -0.15) is 0 Å². The average Bonchev–Trinajstić information content (AvgIpc) is 2.99. The van der Waals surface area contributed by atoms with Gasteiger partial charge in [-0.3, -0.25) is 13.9 Å². The quantitative estimate of drug-likeness (QED) is 0.249. The van der Waals surface area contributed by atoms with Crippen LogP contribution in [0.1, 0.15) is 12.5 Å². The highest BCUT2D eigenvalue weighted by Crippen LogP contribution is 2.28. The third kappa shape index (κ3) is 7.45. The SMILES string of the molecule is CNC(=O)[C@@H](C)N(Cc1cccc(Cl)c1)C(=O)CN(c1ccc(Oc2ccccc2)cc1)S(=O)(=O)c1ccccc1. The number of carbonyl (C=O) groups excluding carboxylic acids is 2. The van der Waals surface area contributed by atoms with Gasteiger partial charge in [0, 0.05) is 18.6 Å². The Bertz CT molecular complexity index is 1580. The Kier molecular flexibility index (Phi) is 9.65. The van der Waals surface area contributed by atoms with Crippen LogP contribution in [0.5, 0.6) is 11.5 Å². The van der Waals surface area contributed by atoms with E-state index in [1.165, 1.54) is 24.1 Å². The van der Waals surface area contributed by atoms with Crippen molar-refractivity contribution in [3.63, 3.8) is 0 Å². The molecule has 2 amide bonds. The second-order valence-corrected chi connectivity index (χ2v) is 11.5. The standard InChI is InChI=1S/C31H30ClN3O5S/c1-23(31(37)33-2)34(21-24-10-9-11-25(32)20-24)30(36)22-35(41(38,39)29-14-7-4-8-15-29)26-16-18-28(19-17-26)40-27-12-5-3-6-13-27/h3-20,23H,21-22H2,1-2H3,(H,33,37)/t23-/m1/s1. The molecule has 1 atom stereocenters. The molecule has 0 radical (unpaired) electrons. The van der Waals surface area contributed by atoms with E-state index in [4.69, 9.17) is 16.3 Å². The number of anilines is 1. The first-order valence-corrected chi connectivity index (χ1v) is 14.7. The van der Waals surface area contributed by atoms with Crippen molar-refractivity contribution in [3.8, 4) is 11.5 Å². The van der Waals surface area contributed by atoms with Crippen LogP contribution < -0.4 is 14.4 Å². The molecule has 10 heteroatoms. The molecule has 0 unspecified atom stereocenters. The number of nitrogens with one attached hydrogen (secondary N) is 1. The summed E-state index contributed by atoms with van der Waals surface area (Å²) in [5, 5.41) is 3.04. The Balaban J connectivity index is 1.69. The first kappa shape index (κ1) is 29.6. The molecule has 212 valence electrons. The first-order valence-electron chi connectivity index (χ1n) is 12.9. The van der Waals surface area contributed by atoms with E-state index in [2.05, 4.69) is 5.32 Å². The van der Waals surface area contributed by atoms with Crippen molar-refractivity contribution in [3.05, 3.63) is 120 Å². The molecule has 0 saturated carbocycles. The lowest BCUT2D eigenvalue weighted by molar-refractivity contribution is -0.139. The minimum atomic E-state index is -4.16. The number of sulfonamides is 1. The zero-order valence-corrected chi connectivity index (χ0v) is 24.2. The Morgan fingerprint density at radius 3 is 2.07 bits per heavy atom. The molecule has 0 heterocycles. The molecule has 4 aromatic rings. The summed E-state index contributed by atoms with van der Waals surface area (Å²) in [6, 6.07) is 29.5. The smallest absolute Gasteiger partial charge is 0.264 e. The normalized spacial score (nSPS) is 11.8. The molecule has 0 aliphatic rings. The van der Waals surface area contributed by atoms with Crippen LogP contribution in [0, 0.1) is 0 Å². The predicted molar refractivity (Wildman–Crippen MR) is 159 cm³/mol. The van der Waals surface area contributed by atoms with Gasteiger partial charge >= 0.3 is 0 Å². The van der Waals surface area contributed by atoms with E-state index >= 15 is 0 Å². The second-order valence-electron chi connectivity index (χ2n) is 9.18. The molecule has 8 nitrogen and oxygen atoms in total. The van der Waals surface area contributed by atoms with Gasteiger partial charge in [0.25, 0.3) is 10.0 Å². The van der Waals surface area contributed by atoms with Gasteiger partial charge in [-0.1, -0.05) is 60.1 Å². The zero-order chi connectivity index (χ0) is 29.4. The molecule has 0 saturated heterocycles. The first-order chi connectivity index (χ1) is 19.7. The number of para-hydroxylation sites is 1. The third-order valence-corrected chi connectivity index (χ3v) is 8.39. The van der Waals surface area contributed by atoms with Crippen molar-refractivity contribution in [2.24, 2.45) is 0 Å². The molecule has 0 fully saturated rings. The molecule has 0 aliphatic heterocycles. The number of hydrogen-bond acceptors (Lipinski definition) is 5. The Hall–Kier alpha value is -4.34. The monoisotopic (exact) mass is 591 g/mol. The summed E-state index contributed by atoms with van der Waals surface area (Å²) in [5.41, 5.74) is 0.958. The summed E-state index contributed by atoms with van der Waals surface area (Å²) < 4.78 is 34.6. The minimum absolute atomic E-state index is 0.0261. The topological polar surface area (TPSA) is 96.0 Å². The van der Waals surface area contributed by atoms with Crippen LogP contribution >= 0.6 is 11.6 Å². The number of likely N-dealkylation sites (N-methyl/N-ethyl adjacent to an activating group) is 1. The summed E-state index contributed by atoms with van der Waals surface area (Å²) in [5.74, 6) is 0.175. The predicted octanol–water partition coefficient (Wildman–Crippen LogP) is 5.49. The van der Waals surface area contributed by atoms with Crippen LogP contribution in [0.2, 0.25) is 5.02 Å². The van der Waals surface area contributed by atoms with E-state index in [1.54, 1.807) is 85.8 Å². The number of rotatable bonds is 11. The molecule has 1 N–H and O–H groups in total. The van der Waals surface area contributed by atoms with Crippen LogP contribution in [0.15, 0.2) is 114 Å². The molecular formula is C31H30ClN3O5S. The summed E-state index contributed by atoms with van der Waals surface area (Å²) >= 11 is 6.15. The molecule has 4 aromatic carbocycles. The number of benzene rings is 4. The molecule has 0 spiro atoms. The minimum Gasteiger partial charge on any atom is -0.457 e. The number of nitrogens with zero attached hydrogens (tertiary/aromatic N) is 2. The van der Waals surface area contributed by atoms with E-state index in [1.807, 2.05) is 18.2 Å². The second kappa shape index (κ2) is 13.3. The Morgan fingerprint density at radius 2 is 1.46 bits per heavy atom. The number of hydrogen-bond donors (Lipinski definition) is 1. The maximum atomic E-state index is 13.9. The highest BCUT2D eigenvalue weighted by atomic mass is 35.5. The lowest BCUT2D eigenvalue weighted by atomic mass is 10.1. The van der Waals surface area contributed by atoms with Crippen molar-refractivity contribution in [2.45, 2.75) is 24.4 Å². The van der Waals surface area contributed by atoms with Gasteiger partial charge in [0.15, 0.2) is 0 Å². The molecular weight excluding hydrogens is 562 g/mol. The fourth-order valence-electron chi connectivity index (χ4n) is 4.18. The average molecular weight is 592 g/mol. The summed E-state index contributed by atoms with van der Waals surface area (Å²) in [6.45, 7) is 1.10. The maximum absolute atomic E-state index is 13.9. The Labute approximate surface area is 245 Å². The number of ether oxygens (including phenoxy) is 1. The van der Waals surface area contributed by atoms with Crippen molar-refractivity contribution in [1.29, 1.82) is 0 Å².